The molecule has 0 aliphatic rings. The number of rotatable bonds is 2. The monoisotopic (exact) mass is 184 g/mol. The fourth-order valence-electron chi connectivity index (χ4n) is 0.965. The first-order chi connectivity index (χ1) is 6.06. The first kappa shape index (κ1) is 9.51. The molecule has 0 radical (unpaired) electrons. The van der Waals surface area contributed by atoms with E-state index in [0.29, 0.717) is 0 Å². The molecule has 0 bridgehead atoms. The summed E-state index contributed by atoms with van der Waals surface area (Å²) in [4.78, 5) is 11.1. The van der Waals surface area contributed by atoms with E-state index in [-0.39, 0.29) is 17.8 Å². The van der Waals surface area contributed by atoms with Crippen molar-refractivity contribution in [3.63, 3.8) is 0 Å². The van der Waals surface area contributed by atoms with Crippen LogP contribution in [0.25, 0.3) is 0 Å². The summed E-state index contributed by atoms with van der Waals surface area (Å²) in [6.07, 6.45) is 0.193. The highest BCUT2D eigenvalue weighted by Crippen LogP contribution is 2.26. The number of phenolic OH excluding ortho intramolecular Hbond substituents is 2. The fourth-order valence-corrected chi connectivity index (χ4v) is 0.965. The molecule has 4 heteroatoms. The van der Waals surface area contributed by atoms with Gasteiger partial charge in [-0.25, -0.2) is 4.39 Å². The van der Waals surface area contributed by atoms with Crippen molar-refractivity contribution < 1.29 is 19.4 Å². The van der Waals surface area contributed by atoms with E-state index in [0.717, 1.165) is 12.1 Å². The molecule has 0 aliphatic heterocycles. The van der Waals surface area contributed by atoms with Crippen molar-refractivity contribution in [3.05, 3.63) is 23.5 Å². The lowest BCUT2D eigenvalue weighted by Gasteiger charge is -2.03. The SMILES string of the molecule is CCC(=O)c1cc(O)c(F)cc1O. The van der Waals surface area contributed by atoms with Crippen molar-refractivity contribution in [1.82, 2.24) is 0 Å². The molecule has 0 aliphatic carbocycles. The Kier molecular flexibility index (Phi) is 2.51. The van der Waals surface area contributed by atoms with Crippen molar-refractivity contribution in [3.8, 4) is 11.5 Å². The van der Waals surface area contributed by atoms with Gasteiger partial charge in [-0.2, -0.15) is 0 Å². The molecule has 0 amide bonds. The van der Waals surface area contributed by atoms with Crippen LogP contribution in [0, 0.1) is 5.82 Å². The summed E-state index contributed by atoms with van der Waals surface area (Å²) in [5.74, 6) is -2.35. The second kappa shape index (κ2) is 3.43. The van der Waals surface area contributed by atoms with Gasteiger partial charge < -0.3 is 10.2 Å². The van der Waals surface area contributed by atoms with Gasteiger partial charge >= 0.3 is 0 Å². The van der Waals surface area contributed by atoms with E-state index in [9.17, 15) is 9.18 Å². The first-order valence-electron chi connectivity index (χ1n) is 3.81. The number of aromatic hydroxyl groups is 2. The highest BCUT2D eigenvalue weighted by Gasteiger charge is 2.13. The third-order valence-corrected chi connectivity index (χ3v) is 1.69. The molecule has 0 saturated carbocycles. The number of carbonyl (C=O) groups is 1. The Hall–Kier alpha value is -1.58. The number of benzene rings is 1. The van der Waals surface area contributed by atoms with E-state index in [1.54, 1.807) is 6.92 Å². The van der Waals surface area contributed by atoms with Gasteiger partial charge in [-0.05, 0) is 6.07 Å². The average molecular weight is 184 g/mol. The average Bonchev–Trinajstić information content (AvgIpc) is 2.10. The molecule has 1 aromatic rings. The van der Waals surface area contributed by atoms with Crippen LogP contribution in [-0.2, 0) is 0 Å². The molecule has 13 heavy (non-hydrogen) atoms. The van der Waals surface area contributed by atoms with Crippen LogP contribution in [-0.4, -0.2) is 16.0 Å². The fraction of sp³-hybridized carbons (Fsp3) is 0.222. The second-order valence-corrected chi connectivity index (χ2v) is 2.60. The minimum atomic E-state index is -0.940. The van der Waals surface area contributed by atoms with E-state index >= 15 is 0 Å². The van der Waals surface area contributed by atoms with Crippen LogP contribution in [0.15, 0.2) is 12.1 Å². The standard InChI is InChI=1S/C9H9FO3/c1-2-7(11)5-3-9(13)6(10)4-8(5)12/h3-4,12-13H,2H2,1H3. The van der Waals surface area contributed by atoms with Crippen LogP contribution < -0.4 is 0 Å². The van der Waals surface area contributed by atoms with Gasteiger partial charge in [0.2, 0.25) is 0 Å². The predicted molar refractivity (Wildman–Crippen MR) is 44.4 cm³/mol. The number of phenols is 2. The minimum absolute atomic E-state index is 0.0543. The molecule has 0 heterocycles. The summed E-state index contributed by atoms with van der Waals surface area (Å²) in [7, 11) is 0. The highest BCUT2D eigenvalue weighted by atomic mass is 19.1. The maximum Gasteiger partial charge on any atom is 0.168 e. The smallest absolute Gasteiger partial charge is 0.168 e. The van der Waals surface area contributed by atoms with Gasteiger partial charge in [-0.1, -0.05) is 6.92 Å². The lowest BCUT2D eigenvalue weighted by Crippen LogP contribution is -1.97. The van der Waals surface area contributed by atoms with E-state index < -0.39 is 17.3 Å². The van der Waals surface area contributed by atoms with Gasteiger partial charge in [0.05, 0.1) is 5.56 Å². The van der Waals surface area contributed by atoms with E-state index in [2.05, 4.69) is 0 Å². The number of Topliss-reactive ketones (excluding diaryl/α,β-unsaturated/α-hetero) is 1. The maximum atomic E-state index is 12.6. The van der Waals surface area contributed by atoms with Gasteiger partial charge in [0.15, 0.2) is 17.3 Å². The van der Waals surface area contributed by atoms with Crippen LogP contribution in [0.2, 0.25) is 0 Å². The highest BCUT2D eigenvalue weighted by molar-refractivity contribution is 5.98. The zero-order valence-electron chi connectivity index (χ0n) is 7.04. The third-order valence-electron chi connectivity index (χ3n) is 1.69. The maximum absolute atomic E-state index is 12.6. The Labute approximate surface area is 74.4 Å². The minimum Gasteiger partial charge on any atom is -0.507 e. The van der Waals surface area contributed by atoms with Crippen molar-refractivity contribution in [2.75, 3.05) is 0 Å². The topological polar surface area (TPSA) is 57.5 Å². The molecule has 0 atom stereocenters. The predicted octanol–water partition coefficient (Wildman–Crippen LogP) is 1.83. The van der Waals surface area contributed by atoms with Gasteiger partial charge in [0.25, 0.3) is 0 Å². The molecule has 0 spiro atoms. The molecule has 1 aromatic carbocycles. The summed E-state index contributed by atoms with van der Waals surface area (Å²) >= 11 is 0. The van der Waals surface area contributed by atoms with E-state index in [1.165, 1.54) is 0 Å². The summed E-state index contributed by atoms with van der Waals surface area (Å²) < 4.78 is 12.6. The summed E-state index contributed by atoms with van der Waals surface area (Å²) in [5.41, 5.74) is -0.0543. The molecule has 70 valence electrons. The molecule has 1 rings (SSSR count). The van der Waals surface area contributed by atoms with Crippen LogP contribution >= 0.6 is 0 Å². The van der Waals surface area contributed by atoms with E-state index in [4.69, 9.17) is 10.2 Å². The van der Waals surface area contributed by atoms with Crippen LogP contribution in [0.5, 0.6) is 11.5 Å². The van der Waals surface area contributed by atoms with Gasteiger partial charge in [-0.15, -0.1) is 0 Å². The largest absolute Gasteiger partial charge is 0.507 e. The molecule has 0 unspecified atom stereocenters. The number of carbonyl (C=O) groups excluding carboxylic acids is 1. The Balaban J connectivity index is 3.23. The third kappa shape index (κ3) is 1.77. The van der Waals surface area contributed by atoms with Crippen molar-refractivity contribution in [2.45, 2.75) is 13.3 Å². The molecular weight excluding hydrogens is 175 g/mol. The Morgan fingerprint density at radius 3 is 2.54 bits per heavy atom. The molecule has 3 nitrogen and oxygen atoms in total. The quantitative estimate of drug-likeness (QED) is 0.544. The Bertz CT molecular complexity index is 347. The second-order valence-electron chi connectivity index (χ2n) is 2.60. The van der Waals surface area contributed by atoms with Gasteiger partial charge in [0, 0.05) is 12.5 Å². The van der Waals surface area contributed by atoms with Crippen molar-refractivity contribution in [2.24, 2.45) is 0 Å². The summed E-state index contributed by atoms with van der Waals surface area (Å²) in [6, 6.07) is 1.65. The molecule has 2 N–H and O–H groups in total. The van der Waals surface area contributed by atoms with Crippen LogP contribution in [0.3, 0.4) is 0 Å². The lowest BCUT2D eigenvalue weighted by molar-refractivity contribution is 0.0985. The number of hydrogen-bond donors (Lipinski definition) is 2. The zero-order valence-corrected chi connectivity index (χ0v) is 7.04. The number of ketones is 1. The number of hydrogen-bond acceptors (Lipinski definition) is 3. The molecule has 0 aromatic heterocycles. The van der Waals surface area contributed by atoms with Crippen LogP contribution in [0.1, 0.15) is 23.7 Å². The molecule has 0 saturated heterocycles. The zero-order chi connectivity index (χ0) is 10.0. The lowest BCUT2D eigenvalue weighted by atomic mass is 10.1. The summed E-state index contributed by atoms with van der Waals surface area (Å²) in [6.45, 7) is 1.61. The number of halogens is 1. The van der Waals surface area contributed by atoms with Gasteiger partial charge in [0.1, 0.15) is 5.75 Å². The Morgan fingerprint density at radius 2 is 2.00 bits per heavy atom. The van der Waals surface area contributed by atoms with Crippen molar-refractivity contribution in [1.29, 1.82) is 0 Å². The van der Waals surface area contributed by atoms with Crippen molar-refractivity contribution >= 4 is 5.78 Å². The van der Waals surface area contributed by atoms with Gasteiger partial charge in [-0.3, -0.25) is 4.79 Å². The van der Waals surface area contributed by atoms with E-state index in [1.807, 2.05) is 0 Å². The first-order valence-corrected chi connectivity index (χ1v) is 3.81. The van der Waals surface area contributed by atoms with Crippen LogP contribution in [0.4, 0.5) is 4.39 Å². The molecule has 0 fully saturated rings. The Morgan fingerprint density at radius 1 is 1.38 bits per heavy atom. The molecular formula is C9H9FO3. The normalized spacial score (nSPS) is 10.0. The summed E-state index contributed by atoms with van der Waals surface area (Å²) in [5, 5.41) is 18.1.